The summed E-state index contributed by atoms with van der Waals surface area (Å²) >= 11 is 0. The highest BCUT2D eigenvalue weighted by molar-refractivity contribution is 7.92. The zero-order valence-electron chi connectivity index (χ0n) is 22.9. The number of hydrogen-bond donors (Lipinski definition) is 1. The van der Waals surface area contributed by atoms with Crippen LogP contribution < -0.4 is 14.4 Å². The Hall–Kier alpha value is -3.07. The van der Waals surface area contributed by atoms with E-state index in [9.17, 15) is 18.0 Å². The normalized spacial score (nSPS) is 12.9. The molecule has 2 atom stereocenters. The molecule has 0 saturated heterocycles. The van der Waals surface area contributed by atoms with Crippen molar-refractivity contribution in [3.8, 4) is 5.75 Å². The Morgan fingerprint density at radius 3 is 2.16 bits per heavy atom. The van der Waals surface area contributed by atoms with E-state index in [2.05, 4.69) is 5.32 Å². The standard InChI is InChI=1S/C28H41N3O5S/c1-7-22(4)29-28(33)23(5)30(20-24-13-11-21(3)12-14-24)27(32)10-9-19-31(37(6,34)35)25-15-17-26(18-16-25)36-8-2/h11-18,22-23H,7-10,19-20H2,1-6H3,(H,29,33)/t22-,23-/m0/s1. The molecule has 0 aliphatic carbocycles. The van der Waals surface area contributed by atoms with Crippen molar-refractivity contribution >= 4 is 27.5 Å². The highest BCUT2D eigenvalue weighted by atomic mass is 32.2. The molecule has 204 valence electrons. The van der Waals surface area contributed by atoms with Gasteiger partial charge in [0.15, 0.2) is 0 Å². The van der Waals surface area contributed by atoms with Gasteiger partial charge in [0.25, 0.3) is 0 Å². The number of amides is 2. The third-order valence-corrected chi connectivity index (χ3v) is 7.42. The van der Waals surface area contributed by atoms with Crippen molar-refractivity contribution in [3.63, 3.8) is 0 Å². The van der Waals surface area contributed by atoms with Crippen LogP contribution in [0.2, 0.25) is 0 Å². The number of hydrogen-bond acceptors (Lipinski definition) is 5. The van der Waals surface area contributed by atoms with E-state index in [1.165, 1.54) is 4.31 Å². The lowest BCUT2D eigenvalue weighted by Gasteiger charge is -2.30. The second-order valence-electron chi connectivity index (χ2n) is 9.37. The van der Waals surface area contributed by atoms with Crippen LogP contribution in [0.3, 0.4) is 0 Å². The van der Waals surface area contributed by atoms with Crippen LogP contribution in [-0.4, -0.2) is 56.6 Å². The highest BCUT2D eigenvalue weighted by Gasteiger charge is 2.27. The Morgan fingerprint density at radius 1 is 1.00 bits per heavy atom. The molecule has 2 aromatic rings. The Balaban J connectivity index is 2.15. The van der Waals surface area contributed by atoms with Crippen LogP contribution in [0.5, 0.6) is 5.75 Å². The molecule has 1 N–H and O–H groups in total. The Bertz CT molecular complexity index is 1120. The quantitative estimate of drug-likeness (QED) is 0.393. The number of aryl methyl sites for hydroxylation is 1. The first kappa shape index (κ1) is 30.2. The Morgan fingerprint density at radius 2 is 1.62 bits per heavy atom. The van der Waals surface area contributed by atoms with Crippen molar-refractivity contribution < 1.29 is 22.7 Å². The minimum absolute atomic E-state index is 0.00344. The maximum Gasteiger partial charge on any atom is 0.242 e. The van der Waals surface area contributed by atoms with Gasteiger partial charge in [0.1, 0.15) is 11.8 Å². The average Bonchev–Trinajstić information content (AvgIpc) is 2.85. The van der Waals surface area contributed by atoms with E-state index in [1.807, 2.05) is 52.0 Å². The molecule has 8 nitrogen and oxygen atoms in total. The zero-order valence-corrected chi connectivity index (χ0v) is 23.7. The second-order valence-corrected chi connectivity index (χ2v) is 11.3. The average molecular weight is 532 g/mol. The summed E-state index contributed by atoms with van der Waals surface area (Å²) in [5.41, 5.74) is 2.55. The van der Waals surface area contributed by atoms with Crippen LogP contribution in [0, 0.1) is 6.92 Å². The van der Waals surface area contributed by atoms with Crippen molar-refractivity contribution in [1.82, 2.24) is 10.2 Å². The van der Waals surface area contributed by atoms with Crippen molar-refractivity contribution in [1.29, 1.82) is 0 Å². The molecule has 2 rings (SSSR count). The molecule has 2 aromatic carbocycles. The molecule has 0 aliphatic rings. The first-order valence-electron chi connectivity index (χ1n) is 12.8. The molecule has 2 amide bonds. The maximum atomic E-state index is 13.4. The molecule has 0 saturated carbocycles. The number of carbonyl (C=O) groups is 2. The minimum Gasteiger partial charge on any atom is -0.494 e. The first-order valence-corrected chi connectivity index (χ1v) is 14.7. The lowest BCUT2D eigenvalue weighted by Crippen LogP contribution is -2.49. The number of carbonyl (C=O) groups excluding carboxylic acids is 2. The van der Waals surface area contributed by atoms with Gasteiger partial charge in [-0.25, -0.2) is 8.42 Å². The topological polar surface area (TPSA) is 96.0 Å². The predicted octanol–water partition coefficient (Wildman–Crippen LogP) is 4.27. The SMILES string of the molecule is CCOc1ccc(N(CCCC(=O)N(Cc2ccc(C)cc2)[C@@H](C)C(=O)N[C@@H](C)CC)S(C)(=O)=O)cc1. The molecule has 0 aliphatic heterocycles. The summed E-state index contributed by atoms with van der Waals surface area (Å²) in [5.74, 6) is 0.251. The number of sulfonamides is 1. The summed E-state index contributed by atoms with van der Waals surface area (Å²) in [4.78, 5) is 27.8. The first-order chi connectivity index (χ1) is 17.5. The molecule has 0 heterocycles. The van der Waals surface area contributed by atoms with Gasteiger partial charge in [-0.1, -0.05) is 36.8 Å². The van der Waals surface area contributed by atoms with E-state index in [1.54, 1.807) is 36.1 Å². The second kappa shape index (κ2) is 14.0. The van der Waals surface area contributed by atoms with Gasteiger partial charge >= 0.3 is 0 Å². The number of anilines is 1. The van der Waals surface area contributed by atoms with Gasteiger partial charge in [-0.2, -0.15) is 0 Å². The third-order valence-electron chi connectivity index (χ3n) is 6.23. The lowest BCUT2D eigenvalue weighted by atomic mass is 10.1. The molecule has 0 aromatic heterocycles. The molecule has 0 spiro atoms. The number of benzene rings is 2. The van der Waals surface area contributed by atoms with E-state index in [4.69, 9.17) is 4.74 Å². The molecule has 0 unspecified atom stereocenters. The van der Waals surface area contributed by atoms with Gasteiger partial charge in [0.05, 0.1) is 18.6 Å². The number of rotatable bonds is 14. The van der Waals surface area contributed by atoms with Gasteiger partial charge < -0.3 is 15.0 Å². The summed E-state index contributed by atoms with van der Waals surface area (Å²) < 4.78 is 31.7. The van der Waals surface area contributed by atoms with Crippen molar-refractivity contribution in [2.75, 3.05) is 23.7 Å². The monoisotopic (exact) mass is 531 g/mol. The Labute approximate surface area is 222 Å². The molecule has 0 fully saturated rings. The molecule has 9 heteroatoms. The predicted molar refractivity (Wildman–Crippen MR) is 148 cm³/mol. The maximum absolute atomic E-state index is 13.4. The van der Waals surface area contributed by atoms with Crippen LogP contribution in [0.25, 0.3) is 0 Å². The van der Waals surface area contributed by atoms with E-state index in [-0.39, 0.29) is 30.8 Å². The van der Waals surface area contributed by atoms with Crippen molar-refractivity contribution in [3.05, 3.63) is 59.7 Å². The molecular weight excluding hydrogens is 490 g/mol. The number of nitrogens with one attached hydrogen (secondary N) is 1. The van der Waals surface area contributed by atoms with Crippen LogP contribution >= 0.6 is 0 Å². The summed E-state index contributed by atoms with van der Waals surface area (Å²) in [5, 5.41) is 2.96. The van der Waals surface area contributed by atoms with Crippen molar-refractivity contribution in [2.45, 2.75) is 72.5 Å². The van der Waals surface area contributed by atoms with Gasteiger partial charge in [-0.05, 0) is 70.4 Å². The van der Waals surface area contributed by atoms with E-state index in [0.717, 1.165) is 23.8 Å². The lowest BCUT2D eigenvalue weighted by molar-refractivity contribution is -0.140. The largest absolute Gasteiger partial charge is 0.494 e. The molecular formula is C28H41N3O5S. The summed E-state index contributed by atoms with van der Waals surface area (Å²) in [6, 6.07) is 14.0. The fraction of sp³-hybridized carbons (Fsp3) is 0.500. The van der Waals surface area contributed by atoms with Crippen LogP contribution in [0.1, 0.15) is 58.1 Å². The molecule has 0 bridgehead atoms. The third kappa shape index (κ3) is 9.39. The smallest absolute Gasteiger partial charge is 0.242 e. The van der Waals surface area contributed by atoms with Crippen LogP contribution in [-0.2, 0) is 26.2 Å². The fourth-order valence-corrected chi connectivity index (χ4v) is 4.78. The van der Waals surface area contributed by atoms with E-state index >= 15 is 0 Å². The fourth-order valence-electron chi connectivity index (χ4n) is 3.82. The van der Waals surface area contributed by atoms with Crippen LogP contribution in [0.15, 0.2) is 48.5 Å². The van der Waals surface area contributed by atoms with Gasteiger partial charge in [-0.15, -0.1) is 0 Å². The minimum atomic E-state index is -3.56. The van der Waals surface area contributed by atoms with Gasteiger partial charge in [0.2, 0.25) is 21.8 Å². The number of ether oxygens (including phenoxy) is 1. The molecule has 37 heavy (non-hydrogen) atoms. The van der Waals surface area contributed by atoms with Crippen molar-refractivity contribution in [2.24, 2.45) is 0 Å². The zero-order chi connectivity index (χ0) is 27.6. The summed E-state index contributed by atoms with van der Waals surface area (Å²) in [6.45, 7) is 10.5. The summed E-state index contributed by atoms with van der Waals surface area (Å²) in [7, 11) is -3.56. The van der Waals surface area contributed by atoms with E-state index < -0.39 is 16.1 Å². The van der Waals surface area contributed by atoms with Gasteiger partial charge in [0, 0.05) is 25.6 Å². The van der Waals surface area contributed by atoms with E-state index in [0.29, 0.717) is 31.0 Å². The summed E-state index contributed by atoms with van der Waals surface area (Å²) in [6.07, 6.45) is 2.35. The molecule has 0 radical (unpaired) electrons. The number of nitrogens with zero attached hydrogens (tertiary/aromatic N) is 2. The van der Waals surface area contributed by atoms with Crippen LogP contribution in [0.4, 0.5) is 5.69 Å². The highest BCUT2D eigenvalue weighted by Crippen LogP contribution is 2.22. The Kier molecular flexibility index (Phi) is 11.4. The van der Waals surface area contributed by atoms with Gasteiger partial charge in [-0.3, -0.25) is 13.9 Å².